The van der Waals surface area contributed by atoms with Crippen molar-refractivity contribution in [2.24, 2.45) is 0 Å². The molecule has 0 aromatic heterocycles. The molecule has 0 aliphatic rings. The molecule has 0 spiro atoms. The normalized spacial score (nSPS) is 10.0. The van der Waals surface area contributed by atoms with Crippen LogP contribution in [0, 0.1) is 23.2 Å². The third-order valence-electron chi connectivity index (χ3n) is 3.38. The second-order valence-corrected chi connectivity index (χ2v) is 8.98. The van der Waals surface area contributed by atoms with Crippen molar-refractivity contribution in [1.82, 2.24) is 0 Å². The van der Waals surface area contributed by atoms with E-state index in [1.165, 1.54) is 0 Å². The molecule has 0 unspecified atom stereocenters. The highest BCUT2D eigenvalue weighted by Crippen LogP contribution is 2.42. The van der Waals surface area contributed by atoms with Crippen molar-refractivity contribution in [3.05, 3.63) is 102 Å². The minimum absolute atomic E-state index is 0.962. The standard InChI is InChI=1S/C22H15PS/c24-23(22-14-8-3-9-15-22,18-16-20-10-4-1-5-11-20)19-17-21-12-6-2-7-13-21/h1-15H. The van der Waals surface area contributed by atoms with E-state index in [0.717, 1.165) is 16.4 Å². The van der Waals surface area contributed by atoms with Gasteiger partial charge < -0.3 is 0 Å². The SMILES string of the molecule is S=P(C#Cc1ccccc1)(C#Cc1ccccc1)c1ccccc1. The highest BCUT2D eigenvalue weighted by Gasteiger charge is 2.13. The molecule has 0 fully saturated rings. The van der Waals surface area contributed by atoms with Crippen LogP contribution in [-0.4, -0.2) is 0 Å². The summed E-state index contributed by atoms with van der Waals surface area (Å²) in [6.45, 7) is 0. The summed E-state index contributed by atoms with van der Waals surface area (Å²) in [5.41, 5.74) is 8.53. The highest BCUT2D eigenvalue weighted by molar-refractivity contribution is 8.23. The van der Waals surface area contributed by atoms with Crippen molar-refractivity contribution in [3.8, 4) is 23.2 Å². The van der Waals surface area contributed by atoms with Gasteiger partial charge in [0.25, 0.3) is 0 Å². The molecule has 3 aromatic rings. The van der Waals surface area contributed by atoms with Crippen molar-refractivity contribution in [1.29, 1.82) is 0 Å². The van der Waals surface area contributed by atoms with E-state index in [9.17, 15) is 0 Å². The highest BCUT2D eigenvalue weighted by atomic mass is 32.4. The Kier molecular flexibility index (Phi) is 5.30. The van der Waals surface area contributed by atoms with Gasteiger partial charge in [-0.15, -0.1) is 0 Å². The van der Waals surface area contributed by atoms with Crippen LogP contribution in [0.3, 0.4) is 0 Å². The van der Waals surface area contributed by atoms with Crippen LogP contribution in [0.2, 0.25) is 0 Å². The summed E-state index contributed by atoms with van der Waals surface area (Å²) in [5, 5.41) is 1.03. The average Bonchev–Trinajstić information content (AvgIpc) is 2.67. The molecule has 3 rings (SSSR count). The van der Waals surface area contributed by atoms with Crippen molar-refractivity contribution < 1.29 is 0 Å². The molecule has 114 valence electrons. The number of benzene rings is 3. The van der Waals surface area contributed by atoms with E-state index in [2.05, 4.69) is 23.2 Å². The first-order valence-electron chi connectivity index (χ1n) is 7.59. The molecule has 0 N–H and O–H groups in total. The summed E-state index contributed by atoms with van der Waals surface area (Å²) < 4.78 is 0. The number of hydrogen-bond donors (Lipinski definition) is 0. The molecule has 0 bridgehead atoms. The van der Waals surface area contributed by atoms with Crippen LogP contribution in [0.5, 0.6) is 0 Å². The summed E-state index contributed by atoms with van der Waals surface area (Å²) in [4.78, 5) is 0. The van der Waals surface area contributed by atoms with E-state index < -0.39 is 6.04 Å². The molecule has 0 saturated heterocycles. The van der Waals surface area contributed by atoms with Crippen molar-refractivity contribution in [2.75, 3.05) is 0 Å². The maximum Gasteiger partial charge on any atom is 0.117 e. The van der Waals surface area contributed by atoms with E-state index in [-0.39, 0.29) is 0 Å². The van der Waals surface area contributed by atoms with Gasteiger partial charge in [-0.25, -0.2) is 0 Å². The molecule has 0 heterocycles. The van der Waals surface area contributed by atoms with Gasteiger partial charge in [-0.05, 0) is 35.6 Å². The van der Waals surface area contributed by atoms with E-state index in [4.69, 9.17) is 11.8 Å². The first-order chi connectivity index (χ1) is 11.8. The lowest BCUT2D eigenvalue weighted by Gasteiger charge is -2.08. The van der Waals surface area contributed by atoms with Gasteiger partial charge in [0.1, 0.15) is 6.04 Å². The lowest BCUT2D eigenvalue weighted by Crippen LogP contribution is -2.00. The summed E-state index contributed by atoms with van der Waals surface area (Å²) >= 11 is 5.93. The van der Waals surface area contributed by atoms with E-state index in [1.54, 1.807) is 0 Å². The average molecular weight is 342 g/mol. The predicted molar refractivity (Wildman–Crippen MR) is 107 cm³/mol. The van der Waals surface area contributed by atoms with Crippen LogP contribution in [-0.2, 0) is 11.8 Å². The first-order valence-corrected chi connectivity index (χ1v) is 10.4. The largest absolute Gasteiger partial charge is 0.117 e. The molecule has 0 saturated carbocycles. The molecule has 0 radical (unpaired) electrons. The fraction of sp³-hybridized carbons (Fsp3) is 0. The summed E-state index contributed by atoms with van der Waals surface area (Å²) in [6.07, 6.45) is 0. The third kappa shape index (κ3) is 4.24. The topological polar surface area (TPSA) is 0 Å². The van der Waals surface area contributed by atoms with Crippen LogP contribution < -0.4 is 5.30 Å². The molecule has 24 heavy (non-hydrogen) atoms. The molecule has 3 aromatic carbocycles. The van der Waals surface area contributed by atoms with Gasteiger partial charge in [0.2, 0.25) is 0 Å². The second kappa shape index (κ2) is 7.81. The van der Waals surface area contributed by atoms with E-state index in [1.807, 2.05) is 91.0 Å². The van der Waals surface area contributed by atoms with Gasteiger partial charge in [-0.2, -0.15) is 0 Å². The zero-order valence-corrected chi connectivity index (χ0v) is 14.7. The molecule has 0 nitrogen and oxygen atoms in total. The lowest BCUT2D eigenvalue weighted by atomic mass is 10.2. The monoisotopic (exact) mass is 342 g/mol. The van der Waals surface area contributed by atoms with Crippen molar-refractivity contribution in [3.63, 3.8) is 0 Å². The minimum atomic E-state index is -2.29. The minimum Gasteiger partial charge on any atom is -0.0648 e. The van der Waals surface area contributed by atoms with Crippen molar-refractivity contribution >= 4 is 23.1 Å². The van der Waals surface area contributed by atoms with Gasteiger partial charge in [-0.3, -0.25) is 0 Å². The van der Waals surface area contributed by atoms with E-state index >= 15 is 0 Å². The maximum atomic E-state index is 5.93. The summed E-state index contributed by atoms with van der Waals surface area (Å²) in [6, 6.07) is 27.6. The number of rotatable bonds is 1. The van der Waals surface area contributed by atoms with Gasteiger partial charge in [0.15, 0.2) is 0 Å². The zero-order valence-electron chi connectivity index (χ0n) is 13.0. The molecule has 0 amide bonds. The predicted octanol–water partition coefficient (Wildman–Crippen LogP) is 4.81. The Morgan fingerprint density at radius 3 is 1.33 bits per heavy atom. The van der Waals surface area contributed by atoms with Crippen LogP contribution in [0.15, 0.2) is 91.0 Å². The van der Waals surface area contributed by atoms with Crippen LogP contribution in [0.25, 0.3) is 0 Å². The Morgan fingerprint density at radius 1 is 0.542 bits per heavy atom. The molecule has 2 heteroatoms. The smallest absolute Gasteiger partial charge is 0.0648 e. The van der Waals surface area contributed by atoms with Gasteiger partial charge in [0.05, 0.1) is 0 Å². The third-order valence-corrected chi connectivity index (χ3v) is 6.44. The van der Waals surface area contributed by atoms with Crippen LogP contribution in [0.4, 0.5) is 0 Å². The first kappa shape index (κ1) is 16.3. The van der Waals surface area contributed by atoms with Gasteiger partial charge in [-0.1, -0.05) is 90.4 Å². The van der Waals surface area contributed by atoms with Crippen molar-refractivity contribution in [2.45, 2.75) is 0 Å². The molecule has 0 aliphatic heterocycles. The summed E-state index contributed by atoms with van der Waals surface area (Å²) in [5.74, 6) is 6.43. The Bertz CT molecular complexity index is 908. The second-order valence-electron chi connectivity index (χ2n) is 5.15. The van der Waals surface area contributed by atoms with E-state index in [0.29, 0.717) is 0 Å². The van der Waals surface area contributed by atoms with Gasteiger partial charge >= 0.3 is 0 Å². The summed E-state index contributed by atoms with van der Waals surface area (Å²) in [7, 11) is 0. The Hall–Kier alpha value is -2.57. The molecule has 0 aliphatic carbocycles. The van der Waals surface area contributed by atoms with Gasteiger partial charge in [0, 0.05) is 16.4 Å². The Labute approximate surface area is 148 Å². The fourth-order valence-electron chi connectivity index (χ4n) is 2.12. The maximum absolute atomic E-state index is 5.93. The molecular weight excluding hydrogens is 327 g/mol. The zero-order chi connectivity index (χ0) is 16.7. The Morgan fingerprint density at radius 2 is 0.917 bits per heavy atom. The molecule has 0 atom stereocenters. The quantitative estimate of drug-likeness (QED) is 0.452. The number of hydrogen-bond acceptors (Lipinski definition) is 1. The van der Waals surface area contributed by atoms with Crippen LogP contribution in [0.1, 0.15) is 11.1 Å². The molecular formula is C22H15PS. The van der Waals surface area contributed by atoms with Crippen LogP contribution >= 0.6 is 6.04 Å². The Balaban J connectivity index is 2.05. The fourth-order valence-corrected chi connectivity index (χ4v) is 4.24. The lowest BCUT2D eigenvalue weighted by molar-refractivity contribution is 1.65.